The number of nitrogens with two attached hydrogens (primary N) is 1. The van der Waals surface area contributed by atoms with Gasteiger partial charge >= 0.3 is 5.97 Å². The van der Waals surface area contributed by atoms with Crippen LogP contribution in [-0.2, 0) is 4.79 Å². The van der Waals surface area contributed by atoms with E-state index in [-0.39, 0.29) is 6.42 Å². The number of rotatable bonds is 4. The van der Waals surface area contributed by atoms with Crippen molar-refractivity contribution >= 4 is 5.97 Å². The Morgan fingerprint density at radius 2 is 2.43 bits per heavy atom. The van der Waals surface area contributed by atoms with Crippen molar-refractivity contribution in [3.63, 3.8) is 0 Å². The number of allylic oxidation sites excluding steroid dienone is 4. The molecule has 0 saturated carbocycles. The summed E-state index contributed by atoms with van der Waals surface area (Å²) in [5, 5.41) is 10.0. The van der Waals surface area contributed by atoms with Gasteiger partial charge in [-0.3, -0.25) is 4.79 Å². The average Bonchev–Trinajstić information content (AvgIpc) is 2.14. The molecule has 0 radical (unpaired) electrons. The smallest absolute Gasteiger partial charge is 0.305 e. The molecule has 0 aromatic rings. The summed E-state index contributed by atoms with van der Waals surface area (Å²) in [5.74, 6) is 4.92. The van der Waals surface area contributed by atoms with Gasteiger partial charge in [-0.05, 0) is 25.8 Å². The standard InChI is InChI=1S/C10H16N2O2/c1-8-3-2-4-9(7-8)12(11)6-5-10(13)14/h3,7H,2,4-6,11H2,1H3,(H,13,14). The van der Waals surface area contributed by atoms with Crippen molar-refractivity contribution in [3.8, 4) is 0 Å². The van der Waals surface area contributed by atoms with Gasteiger partial charge in [0, 0.05) is 12.2 Å². The van der Waals surface area contributed by atoms with E-state index in [1.54, 1.807) is 0 Å². The van der Waals surface area contributed by atoms with Crippen LogP contribution in [0.1, 0.15) is 26.2 Å². The van der Waals surface area contributed by atoms with Crippen LogP contribution in [0.3, 0.4) is 0 Å². The number of carboxylic acids is 1. The highest BCUT2D eigenvalue weighted by Gasteiger charge is 2.09. The predicted molar refractivity (Wildman–Crippen MR) is 54.2 cm³/mol. The highest BCUT2D eigenvalue weighted by atomic mass is 16.4. The zero-order valence-electron chi connectivity index (χ0n) is 8.36. The van der Waals surface area contributed by atoms with Crippen LogP contribution in [0, 0.1) is 0 Å². The van der Waals surface area contributed by atoms with Gasteiger partial charge in [-0.2, -0.15) is 0 Å². The van der Waals surface area contributed by atoms with E-state index in [1.807, 2.05) is 13.0 Å². The molecule has 4 heteroatoms. The second kappa shape index (κ2) is 4.81. The number of carbonyl (C=O) groups is 1. The second-order valence-electron chi connectivity index (χ2n) is 3.46. The number of hydrazine groups is 1. The molecule has 0 fully saturated rings. The normalized spacial score (nSPS) is 15.9. The minimum Gasteiger partial charge on any atom is -0.481 e. The van der Waals surface area contributed by atoms with Crippen molar-refractivity contribution in [2.75, 3.05) is 6.54 Å². The summed E-state index contributed by atoms with van der Waals surface area (Å²) in [5.41, 5.74) is 2.21. The lowest BCUT2D eigenvalue weighted by Gasteiger charge is -2.23. The molecule has 0 unspecified atom stereocenters. The van der Waals surface area contributed by atoms with Crippen LogP contribution in [0.15, 0.2) is 23.4 Å². The van der Waals surface area contributed by atoms with E-state index in [4.69, 9.17) is 10.9 Å². The summed E-state index contributed by atoms with van der Waals surface area (Å²) in [6, 6.07) is 0. The molecule has 4 nitrogen and oxygen atoms in total. The number of hydrogen-bond acceptors (Lipinski definition) is 3. The summed E-state index contributed by atoms with van der Waals surface area (Å²) >= 11 is 0. The Bertz CT molecular complexity index is 282. The Hall–Kier alpha value is -1.29. The third-order valence-electron chi connectivity index (χ3n) is 2.20. The molecule has 1 aliphatic rings. The summed E-state index contributed by atoms with van der Waals surface area (Å²) < 4.78 is 0. The van der Waals surface area contributed by atoms with Crippen molar-refractivity contribution in [3.05, 3.63) is 23.4 Å². The van der Waals surface area contributed by atoms with Crippen LogP contribution >= 0.6 is 0 Å². The predicted octanol–water partition coefficient (Wildman–Crippen LogP) is 1.26. The Balaban J connectivity index is 2.48. The van der Waals surface area contributed by atoms with Gasteiger partial charge in [-0.15, -0.1) is 0 Å². The molecule has 0 aliphatic heterocycles. The zero-order chi connectivity index (χ0) is 10.6. The Kier molecular flexibility index (Phi) is 3.71. The maximum atomic E-state index is 10.3. The van der Waals surface area contributed by atoms with Crippen LogP contribution in [0.2, 0.25) is 0 Å². The van der Waals surface area contributed by atoms with Crippen LogP contribution < -0.4 is 5.84 Å². The molecule has 14 heavy (non-hydrogen) atoms. The molecule has 0 heterocycles. The maximum absolute atomic E-state index is 10.3. The van der Waals surface area contributed by atoms with Crippen molar-refractivity contribution in [1.82, 2.24) is 5.01 Å². The van der Waals surface area contributed by atoms with Crippen LogP contribution in [-0.4, -0.2) is 22.6 Å². The fourth-order valence-corrected chi connectivity index (χ4v) is 1.43. The third-order valence-corrected chi connectivity index (χ3v) is 2.20. The van der Waals surface area contributed by atoms with Gasteiger partial charge < -0.3 is 10.1 Å². The number of hydrogen-bond donors (Lipinski definition) is 2. The first-order valence-corrected chi connectivity index (χ1v) is 4.71. The van der Waals surface area contributed by atoms with Gasteiger partial charge in [0.1, 0.15) is 0 Å². The van der Waals surface area contributed by atoms with E-state index >= 15 is 0 Å². The summed E-state index contributed by atoms with van der Waals surface area (Å²) in [4.78, 5) is 10.3. The van der Waals surface area contributed by atoms with E-state index in [1.165, 1.54) is 10.6 Å². The van der Waals surface area contributed by atoms with Gasteiger partial charge in [-0.25, -0.2) is 5.84 Å². The van der Waals surface area contributed by atoms with Crippen LogP contribution in [0.25, 0.3) is 0 Å². The Labute approximate surface area is 83.7 Å². The molecule has 0 bridgehead atoms. The van der Waals surface area contributed by atoms with Gasteiger partial charge in [-0.1, -0.05) is 11.6 Å². The summed E-state index contributed by atoms with van der Waals surface area (Å²) in [6.45, 7) is 2.39. The quantitative estimate of drug-likeness (QED) is 0.524. The van der Waals surface area contributed by atoms with E-state index in [0.29, 0.717) is 6.54 Å². The first-order valence-electron chi connectivity index (χ1n) is 4.71. The highest BCUT2D eigenvalue weighted by molar-refractivity contribution is 5.66. The van der Waals surface area contributed by atoms with Gasteiger partial charge in [0.2, 0.25) is 0 Å². The average molecular weight is 196 g/mol. The molecule has 1 rings (SSSR count). The molecule has 0 amide bonds. The minimum absolute atomic E-state index is 0.0800. The summed E-state index contributed by atoms with van der Waals surface area (Å²) in [6.07, 6.45) is 6.11. The largest absolute Gasteiger partial charge is 0.481 e. The van der Waals surface area contributed by atoms with E-state index < -0.39 is 5.97 Å². The van der Waals surface area contributed by atoms with Crippen LogP contribution in [0.4, 0.5) is 0 Å². The number of aliphatic carboxylic acids is 1. The topological polar surface area (TPSA) is 66.6 Å². The number of carboxylic acid groups (broad SMARTS) is 1. The first kappa shape index (κ1) is 10.8. The lowest BCUT2D eigenvalue weighted by Crippen LogP contribution is -2.32. The first-order chi connectivity index (χ1) is 6.59. The van der Waals surface area contributed by atoms with E-state index in [9.17, 15) is 4.79 Å². The molecular formula is C10H16N2O2. The lowest BCUT2D eigenvalue weighted by molar-refractivity contribution is -0.137. The SMILES string of the molecule is CC1=CCCC(N(N)CCC(=O)O)=C1. The molecule has 0 aromatic heterocycles. The van der Waals surface area contributed by atoms with E-state index in [2.05, 4.69) is 6.08 Å². The fourth-order valence-electron chi connectivity index (χ4n) is 1.43. The highest BCUT2D eigenvalue weighted by Crippen LogP contribution is 2.18. The Morgan fingerprint density at radius 1 is 1.71 bits per heavy atom. The van der Waals surface area contributed by atoms with Crippen LogP contribution in [0.5, 0.6) is 0 Å². The Morgan fingerprint density at radius 3 is 3.00 bits per heavy atom. The fraction of sp³-hybridized carbons (Fsp3) is 0.500. The monoisotopic (exact) mass is 196 g/mol. The molecule has 3 N–H and O–H groups in total. The molecule has 0 aromatic carbocycles. The van der Waals surface area contributed by atoms with Crippen molar-refractivity contribution in [1.29, 1.82) is 0 Å². The number of nitrogens with zero attached hydrogens (tertiary/aromatic N) is 1. The second-order valence-corrected chi connectivity index (χ2v) is 3.46. The van der Waals surface area contributed by atoms with Gasteiger partial charge in [0.15, 0.2) is 0 Å². The maximum Gasteiger partial charge on any atom is 0.305 e. The molecule has 0 spiro atoms. The van der Waals surface area contributed by atoms with Gasteiger partial charge in [0.05, 0.1) is 6.42 Å². The lowest BCUT2D eigenvalue weighted by atomic mass is 10.1. The molecule has 78 valence electrons. The molecule has 0 saturated heterocycles. The molecule has 1 aliphatic carbocycles. The third kappa shape index (κ3) is 3.22. The summed E-state index contributed by atoms with van der Waals surface area (Å²) in [7, 11) is 0. The van der Waals surface area contributed by atoms with Crippen molar-refractivity contribution in [2.45, 2.75) is 26.2 Å². The van der Waals surface area contributed by atoms with E-state index in [0.717, 1.165) is 18.5 Å². The van der Waals surface area contributed by atoms with Crippen molar-refractivity contribution in [2.24, 2.45) is 5.84 Å². The minimum atomic E-state index is -0.816. The zero-order valence-corrected chi connectivity index (χ0v) is 8.36. The van der Waals surface area contributed by atoms with Gasteiger partial charge in [0.25, 0.3) is 0 Å². The van der Waals surface area contributed by atoms with Crippen molar-refractivity contribution < 1.29 is 9.90 Å². The molecular weight excluding hydrogens is 180 g/mol. The molecule has 0 atom stereocenters.